The van der Waals surface area contributed by atoms with Crippen molar-refractivity contribution in [2.45, 2.75) is 45.6 Å². The molecule has 0 radical (unpaired) electrons. The summed E-state index contributed by atoms with van der Waals surface area (Å²) in [5, 5.41) is 14.6. The van der Waals surface area contributed by atoms with Crippen LogP contribution in [0.3, 0.4) is 0 Å². The highest BCUT2D eigenvalue weighted by Crippen LogP contribution is 2.36. The van der Waals surface area contributed by atoms with Gasteiger partial charge >= 0.3 is 5.97 Å². The molecule has 0 aliphatic carbocycles. The number of hydrogen-bond donors (Lipinski definition) is 2. The van der Waals surface area contributed by atoms with Gasteiger partial charge in [-0.05, 0) is 38.8 Å². The fourth-order valence-electron chi connectivity index (χ4n) is 4.26. The first-order chi connectivity index (χ1) is 17.6. The van der Waals surface area contributed by atoms with Gasteiger partial charge in [-0.3, -0.25) is 14.9 Å². The van der Waals surface area contributed by atoms with Crippen molar-refractivity contribution in [2.24, 2.45) is 0 Å². The van der Waals surface area contributed by atoms with Crippen LogP contribution in [0.25, 0.3) is 11.4 Å². The molecule has 1 aliphatic heterocycles. The van der Waals surface area contributed by atoms with Crippen molar-refractivity contribution in [3.05, 3.63) is 59.7 Å². The van der Waals surface area contributed by atoms with Crippen LogP contribution in [0.15, 0.2) is 47.1 Å². The van der Waals surface area contributed by atoms with Crippen molar-refractivity contribution < 1.29 is 14.1 Å². The van der Waals surface area contributed by atoms with Gasteiger partial charge in [-0.1, -0.05) is 11.2 Å². The van der Waals surface area contributed by atoms with E-state index in [1.165, 1.54) is 0 Å². The van der Waals surface area contributed by atoms with Gasteiger partial charge in [0.15, 0.2) is 11.6 Å². The lowest BCUT2D eigenvalue weighted by Crippen LogP contribution is -2.25. The number of esters is 1. The van der Waals surface area contributed by atoms with Crippen molar-refractivity contribution >= 4 is 23.6 Å². The number of carbonyl (C=O) groups is 1. The van der Waals surface area contributed by atoms with Gasteiger partial charge in [0, 0.05) is 48.7 Å². The minimum atomic E-state index is -0.252. The van der Waals surface area contributed by atoms with Crippen LogP contribution in [-0.4, -0.2) is 49.4 Å². The molecule has 186 valence electrons. The molecular weight excluding hydrogens is 460 g/mol. The lowest BCUT2D eigenvalue weighted by Gasteiger charge is -2.23. The molecule has 36 heavy (non-hydrogen) atoms. The summed E-state index contributed by atoms with van der Waals surface area (Å²) in [5.41, 5.74) is 3.12. The quantitative estimate of drug-likeness (QED) is 0.331. The summed E-state index contributed by atoms with van der Waals surface area (Å²) in [6, 6.07) is 11.3. The molecular formula is C25H28N8O3. The number of aryl methyl sites for hydroxylation is 2. The summed E-state index contributed by atoms with van der Waals surface area (Å²) >= 11 is 0. The number of carbonyl (C=O) groups excluding carboxylic acids is 1. The molecule has 0 amide bonds. The molecule has 5 rings (SSSR count). The third-order valence-electron chi connectivity index (χ3n) is 5.91. The molecule has 0 saturated carbocycles. The largest absolute Gasteiger partial charge is 0.466 e. The second kappa shape index (κ2) is 10.5. The third-order valence-corrected chi connectivity index (χ3v) is 5.91. The Morgan fingerprint density at radius 3 is 2.92 bits per heavy atom. The molecule has 0 bridgehead atoms. The number of hydrogen-bond acceptors (Lipinski definition) is 10. The van der Waals surface area contributed by atoms with Crippen LogP contribution in [0.2, 0.25) is 0 Å². The molecule has 1 aliphatic rings. The van der Waals surface area contributed by atoms with E-state index in [1.807, 2.05) is 43.3 Å². The average Bonchev–Trinajstić information content (AvgIpc) is 3.64. The van der Waals surface area contributed by atoms with E-state index in [2.05, 4.69) is 30.6 Å². The zero-order valence-electron chi connectivity index (χ0n) is 20.3. The minimum absolute atomic E-state index is 0.0595. The minimum Gasteiger partial charge on any atom is -0.466 e. The van der Waals surface area contributed by atoms with Gasteiger partial charge < -0.3 is 19.5 Å². The Hall–Kier alpha value is -4.28. The highest BCUT2D eigenvalue weighted by molar-refractivity contribution is 5.69. The lowest BCUT2D eigenvalue weighted by molar-refractivity contribution is -0.143. The number of pyridine rings is 1. The van der Waals surface area contributed by atoms with Crippen LogP contribution in [0.5, 0.6) is 0 Å². The van der Waals surface area contributed by atoms with Crippen LogP contribution in [-0.2, 0) is 16.0 Å². The van der Waals surface area contributed by atoms with E-state index in [-0.39, 0.29) is 18.4 Å². The molecule has 4 aromatic rings. The molecule has 1 saturated heterocycles. The highest BCUT2D eigenvalue weighted by atomic mass is 16.5. The molecule has 1 atom stereocenters. The van der Waals surface area contributed by atoms with Crippen molar-refractivity contribution in [1.82, 2.24) is 30.3 Å². The highest BCUT2D eigenvalue weighted by Gasteiger charge is 2.32. The Labute approximate surface area is 208 Å². The zero-order valence-corrected chi connectivity index (χ0v) is 20.3. The van der Waals surface area contributed by atoms with Crippen LogP contribution >= 0.6 is 0 Å². The van der Waals surface area contributed by atoms with Crippen LogP contribution in [0, 0.1) is 6.92 Å². The van der Waals surface area contributed by atoms with Crippen molar-refractivity contribution in [2.75, 3.05) is 23.4 Å². The van der Waals surface area contributed by atoms with Gasteiger partial charge in [-0.2, -0.15) is 10.1 Å². The summed E-state index contributed by atoms with van der Waals surface area (Å²) in [4.78, 5) is 28.0. The molecule has 11 nitrogen and oxygen atoms in total. The molecule has 4 aromatic heterocycles. The van der Waals surface area contributed by atoms with Gasteiger partial charge in [0.1, 0.15) is 11.5 Å². The topological polar surface area (TPSA) is 135 Å². The predicted octanol–water partition coefficient (Wildman–Crippen LogP) is 4.14. The molecule has 5 heterocycles. The van der Waals surface area contributed by atoms with Gasteiger partial charge in [-0.25, -0.2) is 4.98 Å². The summed E-state index contributed by atoms with van der Waals surface area (Å²) < 4.78 is 10.8. The lowest BCUT2D eigenvalue weighted by atomic mass is 10.1. The number of H-pyrrole nitrogens is 1. The van der Waals surface area contributed by atoms with Crippen molar-refractivity contribution in [3.63, 3.8) is 0 Å². The number of aromatic nitrogens is 6. The Kier molecular flexibility index (Phi) is 6.87. The monoisotopic (exact) mass is 488 g/mol. The predicted molar refractivity (Wildman–Crippen MR) is 133 cm³/mol. The van der Waals surface area contributed by atoms with Crippen LogP contribution in [0.4, 0.5) is 17.6 Å². The molecule has 0 spiro atoms. The normalized spacial score (nSPS) is 15.3. The molecule has 1 fully saturated rings. The molecule has 11 heteroatoms. The Morgan fingerprint density at radius 1 is 1.22 bits per heavy atom. The van der Waals surface area contributed by atoms with Crippen LogP contribution < -0.4 is 10.2 Å². The maximum atomic E-state index is 12.0. The fraction of sp³-hybridized carbons (Fsp3) is 0.360. The summed E-state index contributed by atoms with van der Waals surface area (Å²) in [6.07, 6.45) is 4.25. The van der Waals surface area contributed by atoms with Crippen LogP contribution in [0.1, 0.15) is 49.4 Å². The summed E-state index contributed by atoms with van der Waals surface area (Å²) in [6.45, 7) is 4.85. The van der Waals surface area contributed by atoms with E-state index in [9.17, 15) is 4.79 Å². The Balaban J connectivity index is 1.42. The average molecular weight is 489 g/mol. The summed E-state index contributed by atoms with van der Waals surface area (Å²) in [7, 11) is 0. The van der Waals surface area contributed by atoms with E-state index in [0.29, 0.717) is 36.3 Å². The molecule has 0 aromatic carbocycles. The van der Waals surface area contributed by atoms with Gasteiger partial charge in [0.05, 0.1) is 24.8 Å². The Morgan fingerprint density at radius 2 is 2.14 bits per heavy atom. The second-order valence-corrected chi connectivity index (χ2v) is 8.59. The fourth-order valence-corrected chi connectivity index (χ4v) is 4.26. The summed E-state index contributed by atoms with van der Waals surface area (Å²) in [5.74, 6) is 2.30. The number of anilines is 3. The first-order valence-corrected chi connectivity index (χ1v) is 12.1. The number of nitrogens with zero attached hydrogens (tertiary/aromatic N) is 6. The SMILES string of the molecule is CCOC(=O)CCc1cc(Nc2cc(C)[nH]n2)nc(N2CCCC2c2cc(-c3ccccn3)no2)n1. The Bertz CT molecular complexity index is 1320. The maximum Gasteiger partial charge on any atom is 0.306 e. The number of rotatable bonds is 9. The second-order valence-electron chi connectivity index (χ2n) is 8.59. The number of aromatic amines is 1. The van der Waals surface area contributed by atoms with E-state index >= 15 is 0 Å². The van der Waals surface area contributed by atoms with Gasteiger partial charge in [0.2, 0.25) is 5.95 Å². The van der Waals surface area contributed by atoms with Gasteiger partial charge in [0.25, 0.3) is 0 Å². The smallest absolute Gasteiger partial charge is 0.306 e. The van der Waals surface area contributed by atoms with Crippen molar-refractivity contribution in [1.29, 1.82) is 0 Å². The number of ether oxygens (including phenoxy) is 1. The first kappa shape index (κ1) is 23.5. The van der Waals surface area contributed by atoms with E-state index in [0.717, 1.165) is 42.2 Å². The van der Waals surface area contributed by atoms with Gasteiger partial charge in [-0.15, -0.1) is 0 Å². The molecule has 1 unspecified atom stereocenters. The van der Waals surface area contributed by atoms with E-state index in [1.54, 1.807) is 13.1 Å². The third kappa shape index (κ3) is 5.35. The first-order valence-electron chi connectivity index (χ1n) is 12.1. The van der Waals surface area contributed by atoms with E-state index in [4.69, 9.17) is 19.2 Å². The van der Waals surface area contributed by atoms with E-state index < -0.39 is 0 Å². The standard InChI is InChI=1S/C25H28N8O3/c1-3-35-24(34)10-9-17-14-22(28-23-13-16(2)30-31-23)29-25(27-17)33-12-6-8-20(33)21-15-19(32-36-21)18-7-4-5-11-26-18/h4-5,7,11,13-15,20H,3,6,8-10,12H2,1-2H3,(H2,27,28,29,30,31). The van der Waals surface area contributed by atoms with Crippen molar-refractivity contribution in [3.8, 4) is 11.4 Å². The maximum absolute atomic E-state index is 12.0. The molecule has 2 N–H and O–H groups in total. The zero-order chi connectivity index (χ0) is 24.9. The number of nitrogens with one attached hydrogen (secondary N) is 2.